The molecule has 0 aliphatic carbocycles. The number of aromatic nitrogens is 2. The van der Waals surface area contributed by atoms with Crippen LogP contribution in [0.1, 0.15) is 18.4 Å². The van der Waals surface area contributed by atoms with Crippen molar-refractivity contribution >= 4 is 22.6 Å². The fourth-order valence-electron chi connectivity index (χ4n) is 1.86. The Morgan fingerprint density at radius 3 is 2.89 bits per heavy atom. The molecule has 0 N–H and O–H groups in total. The van der Waals surface area contributed by atoms with E-state index in [1.807, 2.05) is 43.3 Å². The highest BCUT2D eigenvalue weighted by molar-refractivity contribution is 5.84. The molecule has 0 saturated heterocycles. The highest BCUT2D eigenvalue weighted by atomic mass is 16.3. The number of rotatable bonds is 2. The van der Waals surface area contributed by atoms with E-state index in [0.717, 1.165) is 28.0 Å². The Bertz CT molecular complexity index is 666. The van der Waals surface area contributed by atoms with Crippen molar-refractivity contribution in [2.75, 3.05) is 0 Å². The van der Waals surface area contributed by atoms with E-state index in [2.05, 4.69) is 9.97 Å². The maximum Gasteiger partial charge on any atom is 0.134 e. The van der Waals surface area contributed by atoms with Gasteiger partial charge in [0.2, 0.25) is 0 Å². The van der Waals surface area contributed by atoms with E-state index in [1.165, 1.54) is 0 Å². The van der Waals surface area contributed by atoms with E-state index < -0.39 is 0 Å². The molecule has 18 heavy (non-hydrogen) atoms. The lowest BCUT2D eigenvalue weighted by Gasteiger charge is -1.97. The summed E-state index contributed by atoms with van der Waals surface area (Å²) in [6.45, 7) is 2.00. The molecule has 3 heteroatoms. The molecule has 3 aromatic rings. The van der Waals surface area contributed by atoms with Crippen molar-refractivity contribution in [3.05, 3.63) is 60.4 Å². The molecule has 0 atom stereocenters. The second kappa shape index (κ2) is 4.45. The normalized spacial score (nSPS) is 11.9. The molecule has 1 aromatic carbocycles. The predicted molar refractivity (Wildman–Crippen MR) is 71.8 cm³/mol. The third-order valence-corrected chi connectivity index (χ3v) is 2.77. The Hall–Kier alpha value is -2.42. The summed E-state index contributed by atoms with van der Waals surface area (Å²) in [5.41, 5.74) is 2.79. The second-order valence-corrected chi connectivity index (χ2v) is 4.10. The predicted octanol–water partition coefficient (Wildman–Crippen LogP) is 3.78. The number of benzene rings is 1. The van der Waals surface area contributed by atoms with Crippen molar-refractivity contribution in [1.29, 1.82) is 0 Å². The Kier molecular flexibility index (Phi) is 2.65. The number of hydrogen-bond acceptors (Lipinski definition) is 3. The van der Waals surface area contributed by atoms with Gasteiger partial charge in [-0.2, -0.15) is 0 Å². The van der Waals surface area contributed by atoms with Gasteiger partial charge >= 0.3 is 0 Å². The lowest BCUT2D eigenvalue weighted by molar-refractivity contribution is 0.604. The SMILES string of the molecule is C/C(=C/c1cc2ccccc2o1)c1cnccn1. The smallest absolute Gasteiger partial charge is 0.134 e. The lowest BCUT2D eigenvalue weighted by Crippen LogP contribution is -1.85. The minimum absolute atomic E-state index is 0.833. The topological polar surface area (TPSA) is 38.9 Å². The second-order valence-electron chi connectivity index (χ2n) is 4.10. The van der Waals surface area contributed by atoms with Crippen LogP contribution in [0.5, 0.6) is 0 Å². The van der Waals surface area contributed by atoms with Gasteiger partial charge in [0.05, 0.1) is 11.9 Å². The summed E-state index contributed by atoms with van der Waals surface area (Å²) in [5, 5.41) is 1.11. The molecule has 0 bridgehead atoms. The van der Waals surface area contributed by atoms with Crippen LogP contribution in [0.3, 0.4) is 0 Å². The van der Waals surface area contributed by atoms with Gasteiger partial charge < -0.3 is 4.42 Å². The van der Waals surface area contributed by atoms with E-state index in [1.54, 1.807) is 18.6 Å². The molecule has 3 nitrogen and oxygen atoms in total. The van der Waals surface area contributed by atoms with Crippen LogP contribution >= 0.6 is 0 Å². The van der Waals surface area contributed by atoms with E-state index >= 15 is 0 Å². The Morgan fingerprint density at radius 2 is 2.11 bits per heavy atom. The maximum absolute atomic E-state index is 5.74. The maximum atomic E-state index is 5.74. The van der Waals surface area contributed by atoms with Gasteiger partial charge in [-0.15, -0.1) is 0 Å². The van der Waals surface area contributed by atoms with Crippen LogP contribution in [0, 0.1) is 0 Å². The Labute approximate surface area is 105 Å². The zero-order valence-electron chi connectivity index (χ0n) is 10.00. The first kappa shape index (κ1) is 10.7. The first-order valence-corrected chi connectivity index (χ1v) is 5.76. The van der Waals surface area contributed by atoms with Crippen molar-refractivity contribution in [2.45, 2.75) is 6.92 Å². The molecule has 0 unspecified atom stereocenters. The first-order chi connectivity index (χ1) is 8.83. The van der Waals surface area contributed by atoms with Gasteiger partial charge in [-0.1, -0.05) is 18.2 Å². The van der Waals surface area contributed by atoms with Gasteiger partial charge in [-0.25, -0.2) is 0 Å². The molecule has 88 valence electrons. The zero-order valence-corrected chi connectivity index (χ0v) is 10.00. The summed E-state index contributed by atoms with van der Waals surface area (Å²) in [4.78, 5) is 8.31. The van der Waals surface area contributed by atoms with Gasteiger partial charge in [-0.05, 0) is 30.7 Å². The van der Waals surface area contributed by atoms with Crippen molar-refractivity contribution in [3.8, 4) is 0 Å². The standard InChI is InChI=1S/C15H12N2O/c1-11(14-10-16-6-7-17-14)8-13-9-12-4-2-3-5-15(12)18-13/h2-10H,1H3/b11-8-. The summed E-state index contributed by atoms with van der Waals surface area (Å²) in [5.74, 6) is 0.833. The van der Waals surface area contributed by atoms with Gasteiger partial charge in [0.25, 0.3) is 0 Å². The largest absolute Gasteiger partial charge is 0.457 e. The van der Waals surface area contributed by atoms with Crippen LogP contribution in [0.4, 0.5) is 0 Å². The Balaban J connectivity index is 2.00. The van der Waals surface area contributed by atoms with Crippen molar-refractivity contribution < 1.29 is 4.42 Å². The number of nitrogens with zero attached hydrogens (tertiary/aromatic N) is 2. The number of fused-ring (bicyclic) bond motifs is 1. The summed E-state index contributed by atoms with van der Waals surface area (Å²) in [6.07, 6.45) is 7.07. The molecule has 0 saturated carbocycles. The summed E-state index contributed by atoms with van der Waals surface area (Å²) >= 11 is 0. The fourth-order valence-corrected chi connectivity index (χ4v) is 1.86. The van der Waals surface area contributed by atoms with E-state index in [4.69, 9.17) is 4.42 Å². The van der Waals surface area contributed by atoms with Gasteiger partial charge in [0, 0.05) is 17.8 Å². The molecule has 2 aromatic heterocycles. The molecular weight excluding hydrogens is 224 g/mol. The third kappa shape index (κ3) is 2.02. The first-order valence-electron chi connectivity index (χ1n) is 5.76. The summed E-state index contributed by atoms with van der Waals surface area (Å²) < 4.78 is 5.74. The zero-order chi connectivity index (χ0) is 12.4. The number of para-hydroxylation sites is 1. The van der Waals surface area contributed by atoms with Crippen molar-refractivity contribution in [3.63, 3.8) is 0 Å². The molecular formula is C15H12N2O. The minimum Gasteiger partial charge on any atom is -0.457 e. The van der Waals surface area contributed by atoms with Crippen LogP contribution in [-0.4, -0.2) is 9.97 Å². The van der Waals surface area contributed by atoms with Gasteiger partial charge in [0.1, 0.15) is 11.3 Å². The highest BCUT2D eigenvalue weighted by Crippen LogP contribution is 2.22. The number of allylic oxidation sites excluding steroid dienone is 1. The van der Waals surface area contributed by atoms with Gasteiger partial charge in [0.15, 0.2) is 0 Å². The third-order valence-electron chi connectivity index (χ3n) is 2.77. The highest BCUT2D eigenvalue weighted by Gasteiger charge is 2.02. The molecule has 0 spiro atoms. The van der Waals surface area contributed by atoms with Crippen LogP contribution in [0.2, 0.25) is 0 Å². The molecule has 0 radical (unpaired) electrons. The van der Waals surface area contributed by atoms with E-state index in [-0.39, 0.29) is 0 Å². The van der Waals surface area contributed by atoms with Gasteiger partial charge in [-0.3, -0.25) is 9.97 Å². The molecule has 0 aliphatic rings. The van der Waals surface area contributed by atoms with Crippen LogP contribution < -0.4 is 0 Å². The quantitative estimate of drug-likeness (QED) is 0.679. The van der Waals surface area contributed by atoms with E-state index in [0.29, 0.717) is 0 Å². The molecule has 0 amide bonds. The van der Waals surface area contributed by atoms with Crippen LogP contribution in [0.25, 0.3) is 22.6 Å². The van der Waals surface area contributed by atoms with Crippen molar-refractivity contribution in [1.82, 2.24) is 9.97 Å². The lowest BCUT2D eigenvalue weighted by atomic mass is 10.2. The minimum atomic E-state index is 0.833. The average Bonchev–Trinajstić information content (AvgIpc) is 2.82. The monoisotopic (exact) mass is 236 g/mol. The van der Waals surface area contributed by atoms with Crippen molar-refractivity contribution in [2.24, 2.45) is 0 Å². The summed E-state index contributed by atoms with van der Waals surface area (Å²) in [7, 11) is 0. The molecule has 3 rings (SSSR count). The van der Waals surface area contributed by atoms with Crippen LogP contribution in [-0.2, 0) is 0 Å². The molecule has 2 heterocycles. The number of furan rings is 1. The number of hydrogen-bond donors (Lipinski definition) is 0. The Morgan fingerprint density at radius 1 is 1.22 bits per heavy atom. The summed E-state index contributed by atoms with van der Waals surface area (Å²) in [6, 6.07) is 9.99. The van der Waals surface area contributed by atoms with Crippen LogP contribution in [0.15, 0.2) is 53.3 Å². The molecule has 0 aliphatic heterocycles. The van der Waals surface area contributed by atoms with E-state index in [9.17, 15) is 0 Å². The molecule has 0 fully saturated rings. The average molecular weight is 236 g/mol. The fraction of sp³-hybridized carbons (Fsp3) is 0.0667.